The van der Waals surface area contributed by atoms with Gasteiger partial charge in [-0.15, -0.1) is 0 Å². The van der Waals surface area contributed by atoms with E-state index in [-0.39, 0.29) is 34.1 Å². The van der Waals surface area contributed by atoms with Gasteiger partial charge in [-0.05, 0) is 42.3 Å². The normalized spacial score (nSPS) is 11.5. The van der Waals surface area contributed by atoms with E-state index >= 15 is 0 Å². The smallest absolute Gasteiger partial charge is 0.453 e. The molecule has 8 heteroatoms. The Hall–Kier alpha value is -3.45. The fourth-order valence-electron chi connectivity index (χ4n) is 3.10. The second-order valence-electron chi connectivity index (χ2n) is 6.99. The molecule has 0 amide bonds. The lowest BCUT2D eigenvalue weighted by Crippen LogP contribution is -2.15. The molecule has 0 radical (unpaired) electrons. The predicted octanol–water partition coefficient (Wildman–Crippen LogP) is 7.14. The first-order valence-corrected chi connectivity index (χ1v) is 9.89. The lowest BCUT2D eigenvalue weighted by atomic mass is 10.1. The molecule has 1 heterocycles. The van der Waals surface area contributed by atoms with Gasteiger partial charge in [0.1, 0.15) is 23.7 Å². The van der Waals surface area contributed by atoms with Crippen molar-refractivity contribution in [2.45, 2.75) is 19.7 Å². The van der Waals surface area contributed by atoms with Gasteiger partial charge in [-0.2, -0.15) is 13.2 Å². The molecule has 3 aromatic carbocycles. The van der Waals surface area contributed by atoms with Crippen LogP contribution in [0, 0.1) is 6.92 Å². The largest absolute Gasteiger partial charge is 0.489 e. The van der Waals surface area contributed by atoms with Gasteiger partial charge in [0.15, 0.2) is 0 Å². The molecule has 0 aliphatic heterocycles. The van der Waals surface area contributed by atoms with E-state index in [1.807, 2.05) is 31.2 Å². The van der Waals surface area contributed by atoms with Gasteiger partial charge in [-0.3, -0.25) is 4.79 Å². The Bertz CT molecular complexity index is 1350. The van der Waals surface area contributed by atoms with Crippen LogP contribution < -0.4 is 14.9 Å². The highest BCUT2D eigenvalue weighted by molar-refractivity contribution is 6.32. The predicted molar refractivity (Wildman–Crippen MR) is 115 cm³/mol. The lowest BCUT2D eigenvalue weighted by Gasteiger charge is -2.14. The molecule has 0 spiro atoms. The third-order valence-corrected chi connectivity index (χ3v) is 5.10. The van der Waals surface area contributed by atoms with Crippen molar-refractivity contribution in [3.05, 3.63) is 98.9 Å². The highest BCUT2D eigenvalue weighted by Crippen LogP contribution is 2.39. The van der Waals surface area contributed by atoms with Crippen LogP contribution in [0.3, 0.4) is 0 Å². The van der Waals surface area contributed by atoms with Gasteiger partial charge < -0.3 is 13.9 Å². The SMILES string of the molecule is Cc1ccccc1COc1ccc2c(=O)c(Oc3ccccc3Cl)c(C(F)(F)F)oc2c1. The molecule has 0 unspecified atom stereocenters. The van der Waals surface area contributed by atoms with Crippen LogP contribution in [0.1, 0.15) is 16.9 Å². The standard InChI is InChI=1S/C24H16ClF3O4/c1-14-6-2-3-7-15(14)13-30-16-10-11-17-20(12-16)32-23(24(26,27)28)22(21(17)29)31-19-9-5-4-8-18(19)25/h2-12H,13H2,1H3. The number of alkyl halides is 3. The van der Waals surface area contributed by atoms with Crippen molar-refractivity contribution in [1.29, 1.82) is 0 Å². The molecule has 0 N–H and O–H groups in total. The Kier molecular flexibility index (Phi) is 5.84. The minimum Gasteiger partial charge on any atom is -0.489 e. The minimum atomic E-state index is -4.97. The molecule has 0 saturated carbocycles. The zero-order chi connectivity index (χ0) is 22.9. The van der Waals surface area contributed by atoms with Crippen molar-refractivity contribution in [2.75, 3.05) is 0 Å². The van der Waals surface area contributed by atoms with Crippen LogP contribution in [0.5, 0.6) is 17.2 Å². The van der Waals surface area contributed by atoms with Crippen molar-refractivity contribution in [3.63, 3.8) is 0 Å². The summed E-state index contributed by atoms with van der Waals surface area (Å²) in [6, 6.07) is 17.5. The van der Waals surface area contributed by atoms with Gasteiger partial charge in [-0.25, -0.2) is 0 Å². The van der Waals surface area contributed by atoms with E-state index in [1.165, 1.54) is 36.4 Å². The fourth-order valence-corrected chi connectivity index (χ4v) is 3.27. The lowest BCUT2D eigenvalue weighted by molar-refractivity contribution is -0.154. The maximum absolute atomic E-state index is 13.7. The van der Waals surface area contributed by atoms with Gasteiger partial charge in [-0.1, -0.05) is 48.0 Å². The summed E-state index contributed by atoms with van der Waals surface area (Å²) in [7, 11) is 0. The average Bonchev–Trinajstić information content (AvgIpc) is 2.75. The van der Waals surface area contributed by atoms with E-state index in [9.17, 15) is 18.0 Å². The number of hydrogen-bond donors (Lipinski definition) is 0. The van der Waals surface area contributed by atoms with E-state index < -0.39 is 23.1 Å². The third-order valence-electron chi connectivity index (χ3n) is 4.78. The first-order chi connectivity index (χ1) is 15.2. The van der Waals surface area contributed by atoms with Gasteiger partial charge >= 0.3 is 6.18 Å². The molecule has 0 atom stereocenters. The summed E-state index contributed by atoms with van der Waals surface area (Å²) in [5.74, 6) is -2.36. The summed E-state index contributed by atoms with van der Waals surface area (Å²) in [5, 5.41) is -0.0247. The molecule has 4 nitrogen and oxygen atoms in total. The quantitative estimate of drug-likeness (QED) is 0.317. The molecule has 0 bridgehead atoms. The van der Waals surface area contributed by atoms with E-state index in [0.717, 1.165) is 11.1 Å². The summed E-state index contributed by atoms with van der Waals surface area (Å²) in [6.45, 7) is 2.14. The number of hydrogen-bond acceptors (Lipinski definition) is 4. The molecule has 0 saturated heterocycles. The van der Waals surface area contributed by atoms with E-state index in [2.05, 4.69) is 0 Å². The Morgan fingerprint density at radius 2 is 1.72 bits per heavy atom. The van der Waals surface area contributed by atoms with Crippen molar-refractivity contribution < 1.29 is 27.1 Å². The van der Waals surface area contributed by atoms with Crippen LogP contribution >= 0.6 is 11.6 Å². The Morgan fingerprint density at radius 3 is 2.44 bits per heavy atom. The van der Waals surface area contributed by atoms with E-state index in [0.29, 0.717) is 0 Å². The highest BCUT2D eigenvalue weighted by Gasteiger charge is 2.40. The van der Waals surface area contributed by atoms with Gasteiger partial charge in [0.2, 0.25) is 11.2 Å². The number of aryl methyl sites for hydroxylation is 1. The number of halogens is 4. The molecule has 0 fully saturated rings. The fraction of sp³-hybridized carbons (Fsp3) is 0.125. The molecule has 1 aromatic heterocycles. The van der Waals surface area contributed by atoms with E-state index in [1.54, 1.807) is 6.07 Å². The number of benzene rings is 3. The first-order valence-electron chi connectivity index (χ1n) is 9.52. The van der Waals surface area contributed by atoms with Crippen LogP contribution in [0.15, 0.2) is 75.9 Å². The molecule has 32 heavy (non-hydrogen) atoms. The van der Waals surface area contributed by atoms with Crippen molar-refractivity contribution >= 4 is 22.6 Å². The topological polar surface area (TPSA) is 48.7 Å². The second-order valence-corrected chi connectivity index (χ2v) is 7.40. The molecule has 4 aromatic rings. The number of para-hydroxylation sites is 1. The first kappa shape index (κ1) is 21.8. The van der Waals surface area contributed by atoms with Crippen molar-refractivity contribution in [3.8, 4) is 17.2 Å². The number of fused-ring (bicyclic) bond motifs is 1. The van der Waals surface area contributed by atoms with Gasteiger partial charge in [0.05, 0.1) is 10.4 Å². The molecule has 164 valence electrons. The van der Waals surface area contributed by atoms with Crippen molar-refractivity contribution in [1.82, 2.24) is 0 Å². The zero-order valence-corrected chi connectivity index (χ0v) is 17.5. The minimum absolute atomic E-state index is 0.0556. The number of rotatable bonds is 5. The second kappa shape index (κ2) is 8.59. The van der Waals surface area contributed by atoms with E-state index in [4.69, 9.17) is 25.5 Å². The average molecular weight is 461 g/mol. The van der Waals surface area contributed by atoms with Crippen molar-refractivity contribution in [2.24, 2.45) is 0 Å². The summed E-state index contributed by atoms with van der Waals surface area (Å²) >= 11 is 5.97. The third kappa shape index (κ3) is 4.43. The van der Waals surface area contributed by atoms with Gasteiger partial charge in [0.25, 0.3) is 5.76 Å². The maximum atomic E-state index is 13.7. The molecular weight excluding hydrogens is 445 g/mol. The van der Waals surface area contributed by atoms with Gasteiger partial charge in [0, 0.05) is 6.07 Å². The molecular formula is C24H16ClF3O4. The van der Waals surface area contributed by atoms with Crippen LogP contribution in [0.25, 0.3) is 11.0 Å². The Labute approximate surface area is 185 Å². The Morgan fingerprint density at radius 1 is 1.00 bits per heavy atom. The maximum Gasteiger partial charge on any atom is 0.453 e. The monoisotopic (exact) mass is 460 g/mol. The zero-order valence-electron chi connectivity index (χ0n) is 16.7. The van der Waals surface area contributed by atoms with Crippen LogP contribution in [0.2, 0.25) is 5.02 Å². The summed E-state index contributed by atoms with van der Waals surface area (Å²) in [5.41, 5.74) is 0.703. The van der Waals surface area contributed by atoms with Crippen LogP contribution in [0.4, 0.5) is 13.2 Å². The summed E-state index contributed by atoms with van der Waals surface area (Å²) < 4.78 is 57.1. The summed E-state index contributed by atoms with van der Waals surface area (Å²) in [4.78, 5) is 12.9. The molecule has 0 aliphatic carbocycles. The van der Waals surface area contributed by atoms with Crippen LogP contribution in [-0.2, 0) is 12.8 Å². The molecule has 0 aliphatic rings. The van der Waals surface area contributed by atoms with Crippen LogP contribution in [-0.4, -0.2) is 0 Å². The number of ether oxygens (including phenoxy) is 2. The highest BCUT2D eigenvalue weighted by atomic mass is 35.5. The Balaban J connectivity index is 1.75. The summed E-state index contributed by atoms with van der Waals surface area (Å²) in [6.07, 6.45) is -4.97. The molecule has 4 rings (SSSR count).